The van der Waals surface area contributed by atoms with Crippen molar-refractivity contribution < 1.29 is 13.9 Å². The van der Waals surface area contributed by atoms with Gasteiger partial charge < -0.3 is 14.8 Å². The van der Waals surface area contributed by atoms with Crippen molar-refractivity contribution in [2.24, 2.45) is 0 Å². The summed E-state index contributed by atoms with van der Waals surface area (Å²) in [7, 11) is 0. The molecule has 0 spiro atoms. The summed E-state index contributed by atoms with van der Waals surface area (Å²) < 4.78 is 25.5. The molecule has 3 nitrogen and oxygen atoms in total. The van der Waals surface area contributed by atoms with Crippen molar-refractivity contribution >= 4 is 0 Å². The molecule has 1 heterocycles. The lowest BCUT2D eigenvalue weighted by Crippen LogP contribution is -2.43. The van der Waals surface area contributed by atoms with E-state index in [4.69, 9.17) is 9.47 Å². The minimum atomic E-state index is -0.398. The molecule has 1 saturated heterocycles. The number of morpholine rings is 1. The second kappa shape index (κ2) is 7.21. The van der Waals surface area contributed by atoms with Crippen LogP contribution in [0, 0.1) is 12.7 Å². The summed E-state index contributed by atoms with van der Waals surface area (Å²) in [6.45, 7) is 5.19. The molecule has 0 saturated carbocycles. The number of rotatable bonds is 4. The third-order valence-electron chi connectivity index (χ3n) is 4.05. The van der Waals surface area contributed by atoms with E-state index in [1.807, 2.05) is 38.1 Å². The Labute approximate surface area is 136 Å². The van der Waals surface area contributed by atoms with Crippen LogP contribution in [0.1, 0.15) is 35.8 Å². The van der Waals surface area contributed by atoms with Crippen molar-refractivity contribution in [1.82, 2.24) is 5.32 Å². The summed E-state index contributed by atoms with van der Waals surface area (Å²) in [6.07, 6.45) is -0.648. The van der Waals surface area contributed by atoms with Crippen LogP contribution in [0.15, 0.2) is 48.5 Å². The lowest BCUT2D eigenvalue weighted by atomic mass is 10.0. The first-order valence-corrected chi connectivity index (χ1v) is 7.96. The number of nitrogens with one attached hydrogen (secondary N) is 1. The molecule has 1 aliphatic rings. The molecule has 2 aromatic carbocycles. The fourth-order valence-corrected chi connectivity index (χ4v) is 2.91. The van der Waals surface area contributed by atoms with Crippen molar-refractivity contribution in [1.29, 1.82) is 0 Å². The zero-order valence-corrected chi connectivity index (χ0v) is 13.5. The average Bonchev–Trinajstić information content (AvgIpc) is 2.55. The predicted octanol–water partition coefficient (Wildman–Crippen LogP) is 3.90. The minimum absolute atomic E-state index is 0.0259. The number of hydrogen-bond acceptors (Lipinski definition) is 3. The fraction of sp³-hybridized carbons (Fsp3) is 0.368. The minimum Gasteiger partial charge on any atom is -0.349 e. The smallest absolute Gasteiger partial charge is 0.177 e. The lowest BCUT2D eigenvalue weighted by molar-refractivity contribution is -0.200. The van der Waals surface area contributed by atoms with Gasteiger partial charge >= 0.3 is 0 Å². The van der Waals surface area contributed by atoms with Crippen LogP contribution in [0.5, 0.6) is 0 Å². The van der Waals surface area contributed by atoms with Crippen molar-refractivity contribution in [2.45, 2.75) is 32.3 Å². The molecular formula is C19H22FNO2. The monoisotopic (exact) mass is 315 g/mol. The largest absolute Gasteiger partial charge is 0.349 e. The first kappa shape index (κ1) is 16.1. The Morgan fingerprint density at radius 2 is 2.00 bits per heavy atom. The highest BCUT2D eigenvalue weighted by molar-refractivity contribution is 5.25. The zero-order valence-electron chi connectivity index (χ0n) is 13.5. The fourth-order valence-electron chi connectivity index (χ4n) is 2.91. The van der Waals surface area contributed by atoms with E-state index in [0.29, 0.717) is 6.61 Å². The highest BCUT2D eigenvalue weighted by Crippen LogP contribution is 2.28. The Morgan fingerprint density at radius 1 is 1.22 bits per heavy atom. The summed E-state index contributed by atoms with van der Waals surface area (Å²) in [5.41, 5.74) is 2.83. The molecule has 23 heavy (non-hydrogen) atoms. The van der Waals surface area contributed by atoms with Crippen LogP contribution in [0.2, 0.25) is 0 Å². The Kier molecular flexibility index (Phi) is 5.06. The maximum atomic E-state index is 13.6. The van der Waals surface area contributed by atoms with E-state index < -0.39 is 6.29 Å². The van der Waals surface area contributed by atoms with Crippen molar-refractivity contribution in [3.05, 3.63) is 71.0 Å². The van der Waals surface area contributed by atoms with Gasteiger partial charge in [-0.05, 0) is 42.7 Å². The number of aryl methyl sites for hydroxylation is 1. The molecule has 2 unspecified atom stereocenters. The van der Waals surface area contributed by atoms with Gasteiger partial charge in [-0.25, -0.2) is 4.39 Å². The summed E-state index contributed by atoms with van der Waals surface area (Å²) in [5.74, 6) is -0.238. The summed E-state index contributed by atoms with van der Waals surface area (Å²) >= 11 is 0. The molecule has 0 radical (unpaired) electrons. The quantitative estimate of drug-likeness (QED) is 0.928. The van der Waals surface area contributed by atoms with E-state index in [-0.39, 0.29) is 18.0 Å². The number of ether oxygens (including phenoxy) is 2. The maximum Gasteiger partial charge on any atom is 0.177 e. The van der Waals surface area contributed by atoms with Crippen LogP contribution in [0.4, 0.5) is 4.39 Å². The first-order chi connectivity index (χ1) is 11.1. The molecule has 0 bridgehead atoms. The number of benzene rings is 2. The van der Waals surface area contributed by atoms with E-state index >= 15 is 0 Å². The third-order valence-corrected chi connectivity index (χ3v) is 4.05. The predicted molar refractivity (Wildman–Crippen MR) is 87.6 cm³/mol. The Balaban J connectivity index is 1.76. The van der Waals surface area contributed by atoms with Crippen molar-refractivity contribution in [2.75, 3.05) is 13.2 Å². The van der Waals surface area contributed by atoms with E-state index in [2.05, 4.69) is 17.4 Å². The number of halogens is 1. The van der Waals surface area contributed by atoms with Crippen molar-refractivity contribution in [3.8, 4) is 0 Å². The SMILES string of the molecule is Cc1cc(F)cc([C@@H](C)OC2OCCNC2c2ccccc2)c1. The van der Waals surface area contributed by atoms with Gasteiger partial charge in [-0.3, -0.25) is 0 Å². The molecule has 3 rings (SSSR count). The number of hydrogen-bond donors (Lipinski definition) is 1. The first-order valence-electron chi connectivity index (χ1n) is 7.96. The van der Waals surface area contributed by atoms with Crippen LogP contribution in [0.3, 0.4) is 0 Å². The molecule has 0 aromatic heterocycles. The van der Waals surface area contributed by atoms with Gasteiger partial charge in [0.1, 0.15) is 5.82 Å². The van der Waals surface area contributed by atoms with Crippen LogP contribution in [-0.2, 0) is 9.47 Å². The van der Waals surface area contributed by atoms with Gasteiger partial charge in [0.05, 0.1) is 18.8 Å². The van der Waals surface area contributed by atoms with Crippen LogP contribution in [0.25, 0.3) is 0 Å². The standard InChI is InChI=1S/C19H22FNO2/c1-13-10-16(12-17(20)11-13)14(2)23-19-18(21-8-9-22-19)15-6-4-3-5-7-15/h3-7,10-12,14,18-19,21H,8-9H2,1-2H3/t14-,18?,19?/m1/s1. The molecule has 0 aliphatic carbocycles. The summed E-state index contributed by atoms with van der Waals surface area (Å²) in [6, 6.07) is 15.1. The van der Waals surface area contributed by atoms with Crippen LogP contribution in [-0.4, -0.2) is 19.4 Å². The Bertz CT molecular complexity index is 627. The van der Waals surface area contributed by atoms with Gasteiger partial charge in [-0.1, -0.05) is 36.4 Å². The van der Waals surface area contributed by atoms with Gasteiger partial charge in [0.2, 0.25) is 0 Å². The van der Waals surface area contributed by atoms with Crippen LogP contribution < -0.4 is 5.32 Å². The van der Waals surface area contributed by atoms with Crippen molar-refractivity contribution in [3.63, 3.8) is 0 Å². The van der Waals surface area contributed by atoms with Gasteiger partial charge in [0.15, 0.2) is 6.29 Å². The third kappa shape index (κ3) is 3.96. The van der Waals surface area contributed by atoms with Gasteiger partial charge in [-0.15, -0.1) is 0 Å². The molecular weight excluding hydrogens is 293 g/mol. The molecule has 122 valence electrons. The van der Waals surface area contributed by atoms with E-state index in [1.165, 1.54) is 12.1 Å². The van der Waals surface area contributed by atoms with Crippen LogP contribution >= 0.6 is 0 Å². The second-order valence-corrected chi connectivity index (χ2v) is 5.92. The molecule has 1 fully saturated rings. The van der Waals surface area contributed by atoms with Gasteiger partial charge in [0, 0.05) is 6.54 Å². The topological polar surface area (TPSA) is 30.5 Å². The molecule has 0 amide bonds. The summed E-state index contributed by atoms with van der Waals surface area (Å²) in [5, 5.41) is 3.44. The normalized spacial score (nSPS) is 22.7. The maximum absolute atomic E-state index is 13.6. The van der Waals surface area contributed by atoms with E-state index in [9.17, 15) is 4.39 Å². The average molecular weight is 315 g/mol. The van der Waals surface area contributed by atoms with E-state index in [0.717, 1.165) is 23.2 Å². The molecule has 4 heteroatoms. The Morgan fingerprint density at radius 3 is 2.74 bits per heavy atom. The van der Waals surface area contributed by atoms with E-state index in [1.54, 1.807) is 0 Å². The lowest BCUT2D eigenvalue weighted by Gasteiger charge is -2.34. The molecule has 2 aromatic rings. The highest BCUT2D eigenvalue weighted by Gasteiger charge is 2.29. The van der Waals surface area contributed by atoms with Gasteiger partial charge in [-0.2, -0.15) is 0 Å². The second-order valence-electron chi connectivity index (χ2n) is 5.92. The highest BCUT2D eigenvalue weighted by atomic mass is 19.1. The Hall–Kier alpha value is -1.75. The van der Waals surface area contributed by atoms with Gasteiger partial charge in [0.25, 0.3) is 0 Å². The zero-order chi connectivity index (χ0) is 16.2. The summed E-state index contributed by atoms with van der Waals surface area (Å²) in [4.78, 5) is 0. The molecule has 1 N–H and O–H groups in total. The molecule has 1 aliphatic heterocycles. The molecule has 3 atom stereocenters.